The molecule has 138 valence electrons. The average Bonchev–Trinajstić information content (AvgIpc) is 3.17. The van der Waals surface area contributed by atoms with Gasteiger partial charge in [0.25, 0.3) is 5.91 Å². The van der Waals surface area contributed by atoms with Crippen molar-refractivity contribution in [2.45, 2.75) is 24.8 Å². The molecule has 1 aliphatic carbocycles. The lowest BCUT2D eigenvalue weighted by Gasteiger charge is -2.37. The van der Waals surface area contributed by atoms with E-state index in [1.165, 1.54) is 0 Å². The number of fused-ring (bicyclic) bond motifs is 3. The van der Waals surface area contributed by atoms with Crippen molar-refractivity contribution in [2.24, 2.45) is 5.92 Å². The molecule has 0 saturated carbocycles. The first kappa shape index (κ1) is 17.3. The number of aliphatic carboxylic acids is 1. The van der Waals surface area contributed by atoms with E-state index < -0.39 is 5.97 Å². The van der Waals surface area contributed by atoms with Crippen LogP contribution in [0.3, 0.4) is 0 Å². The molecule has 0 spiro atoms. The molecule has 1 aromatic carbocycles. The molecule has 2 aliphatic rings. The van der Waals surface area contributed by atoms with Gasteiger partial charge in [-0.15, -0.1) is 0 Å². The van der Waals surface area contributed by atoms with Crippen LogP contribution in [0.25, 0.3) is 0 Å². The molecule has 6 nitrogen and oxygen atoms in total. The molecule has 4 rings (SSSR count). The number of rotatable bonds is 5. The van der Waals surface area contributed by atoms with Crippen LogP contribution in [0.4, 0.5) is 5.69 Å². The number of carbonyl (C=O) groups excluding carboxylic acids is 1. The van der Waals surface area contributed by atoms with Crippen LogP contribution in [0.2, 0.25) is 0 Å². The Morgan fingerprint density at radius 3 is 2.93 bits per heavy atom. The monoisotopic (exact) mass is 363 g/mol. The summed E-state index contributed by atoms with van der Waals surface area (Å²) < 4.78 is 0. The third-order valence-corrected chi connectivity index (χ3v) is 5.26. The first-order valence-corrected chi connectivity index (χ1v) is 9.11. The van der Waals surface area contributed by atoms with Gasteiger partial charge in [0, 0.05) is 29.9 Å². The smallest absolute Gasteiger partial charge is 0.305 e. The molecule has 1 amide bonds. The lowest BCUT2D eigenvalue weighted by Crippen LogP contribution is -2.30. The number of pyridine rings is 1. The maximum atomic E-state index is 12.3. The summed E-state index contributed by atoms with van der Waals surface area (Å²) in [5, 5.41) is 15.0. The van der Waals surface area contributed by atoms with Gasteiger partial charge in [-0.05, 0) is 48.2 Å². The lowest BCUT2D eigenvalue weighted by molar-refractivity contribution is -0.136. The fourth-order valence-corrected chi connectivity index (χ4v) is 3.97. The number of amides is 1. The van der Waals surface area contributed by atoms with Crippen molar-refractivity contribution in [3.05, 3.63) is 71.6 Å². The zero-order valence-electron chi connectivity index (χ0n) is 14.8. The van der Waals surface area contributed by atoms with E-state index in [1.54, 1.807) is 6.07 Å². The minimum atomic E-state index is -0.926. The zero-order valence-corrected chi connectivity index (χ0v) is 14.8. The molecule has 3 atom stereocenters. The van der Waals surface area contributed by atoms with Gasteiger partial charge in [-0.3, -0.25) is 14.6 Å². The maximum absolute atomic E-state index is 12.3. The van der Waals surface area contributed by atoms with Crippen LogP contribution in [-0.4, -0.2) is 28.5 Å². The number of carbonyl (C=O) groups is 2. The van der Waals surface area contributed by atoms with E-state index in [4.69, 9.17) is 5.11 Å². The van der Waals surface area contributed by atoms with Crippen molar-refractivity contribution in [3.63, 3.8) is 0 Å². The highest BCUT2D eigenvalue weighted by Crippen LogP contribution is 2.49. The number of allylic oxidation sites excluding steroid dienone is 2. The van der Waals surface area contributed by atoms with Gasteiger partial charge in [-0.25, -0.2) is 0 Å². The van der Waals surface area contributed by atoms with Crippen LogP contribution >= 0.6 is 0 Å². The number of carboxylic acid groups (broad SMARTS) is 1. The van der Waals surface area contributed by atoms with E-state index in [0.29, 0.717) is 11.5 Å². The molecule has 0 saturated heterocycles. The van der Waals surface area contributed by atoms with E-state index in [0.717, 1.165) is 23.4 Å². The van der Waals surface area contributed by atoms with Crippen molar-refractivity contribution in [2.75, 3.05) is 11.9 Å². The van der Waals surface area contributed by atoms with Gasteiger partial charge in [0.2, 0.25) is 0 Å². The highest BCUT2D eigenvalue weighted by molar-refractivity contribution is 5.95. The van der Waals surface area contributed by atoms with E-state index in [9.17, 15) is 9.59 Å². The topological polar surface area (TPSA) is 91.3 Å². The molecule has 0 unspecified atom stereocenters. The summed E-state index contributed by atoms with van der Waals surface area (Å²) in [5.41, 5.74) is 3.70. The highest BCUT2D eigenvalue weighted by atomic mass is 16.4. The second-order valence-corrected chi connectivity index (χ2v) is 6.93. The van der Waals surface area contributed by atoms with Gasteiger partial charge in [-0.1, -0.05) is 18.2 Å². The normalized spacial score (nSPS) is 22.4. The predicted octanol–water partition coefficient (Wildman–Crippen LogP) is 3.11. The van der Waals surface area contributed by atoms with E-state index >= 15 is 0 Å². The second-order valence-electron chi connectivity index (χ2n) is 6.93. The van der Waals surface area contributed by atoms with Crippen LogP contribution in [0.1, 0.15) is 46.4 Å². The first-order chi connectivity index (χ1) is 13.1. The molecular formula is C21H21N3O3. The van der Waals surface area contributed by atoms with Gasteiger partial charge in [0.1, 0.15) is 0 Å². The predicted molar refractivity (Wildman–Crippen MR) is 102 cm³/mol. The summed E-state index contributed by atoms with van der Waals surface area (Å²) in [4.78, 5) is 27.5. The van der Waals surface area contributed by atoms with E-state index in [-0.39, 0.29) is 30.8 Å². The third-order valence-electron chi connectivity index (χ3n) is 5.26. The van der Waals surface area contributed by atoms with Crippen LogP contribution in [-0.2, 0) is 4.79 Å². The zero-order chi connectivity index (χ0) is 18.8. The number of hydrogen-bond donors (Lipinski definition) is 3. The number of nitrogens with zero attached hydrogens (tertiary/aromatic N) is 1. The molecule has 0 bridgehead atoms. The number of carboxylic acids is 1. The number of benzene rings is 1. The van der Waals surface area contributed by atoms with Crippen molar-refractivity contribution in [3.8, 4) is 0 Å². The quantitative estimate of drug-likeness (QED) is 0.710. The first-order valence-electron chi connectivity index (χ1n) is 9.11. The largest absolute Gasteiger partial charge is 0.481 e. The molecule has 6 heteroatoms. The fraction of sp³-hybridized carbons (Fsp3) is 0.286. The summed E-state index contributed by atoms with van der Waals surface area (Å²) in [5.74, 6) is -0.577. The van der Waals surface area contributed by atoms with Crippen molar-refractivity contribution >= 4 is 17.6 Å². The molecule has 2 aromatic rings. The molecular weight excluding hydrogens is 342 g/mol. The Bertz CT molecular complexity index is 895. The van der Waals surface area contributed by atoms with Crippen LogP contribution in [0.5, 0.6) is 0 Å². The second kappa shape index (κ2) is 7.23. The summed E-state index contributed by atoms with van der Waals surface area (Å²) in [6, 6.07) is 11.7. The van der Waals surface area contributed by atoms with E-state index in [2.05, 4.69) is 27.8 Å². The molecule has 1 aromatic heterocycles. The third kappa shape index (κ3) is 3.43. The minimum absolute atomic E-state index is 0.0859. The summed E-state index contributed by atoms with van der Waals surface area (Å²) in [6.45, 7) is 0.122. The van der Waals surface area contributed by atoms with Crippen LogP contribution in [0, 0.1) is 5.92 Å². The van der Waals surface area contributed by atoms with Crippen molar-refractivity contribution in [1.29, 1.82) is 0 Å². The Morgan fingerprint density at radius 1 is 1.26 bits per heavy atom. The Morgan fingerprint density at radius 2 is 2.15 bits per heavy atom. The number of anilines is 1. The fourth-order valence-electron chi connectivity index (χ4n) is 3.97. The number of hydrogen-bond acceptors (Lipinski definition) is 4. The maximum Gasteiger partial charge on any atom is 0.305 e. The van der Waals surface area contributed by atoms with Gasteiger partial charge >= 0.3 is 5.97 Å². The minimum Gasteiger partial charge on any atom is -0.481 e. The van der Waals surface area contributed by atoms with Crippen molar-refractivity contribution < 1.29 is 14.7 Å². The standard InChI is InChI=1S/C21H21N3O3/c25-19(26)9-11-23-21(27)13-7-8-17-16(12-13)14-4-3-5-15(14)20(24-17)18-6-1-2-10-22-18/h1-4,6-8,10,12,14-15,20,24H,5,9,11H2,(H,23,27)(H,25,26)/t14-,15-,20+/m0/s1. The molecule has 0 fully saturated rings. The Labute approximate surface area is 157 Å². The molecule has 1 aliphatic heterocycles. The van der Waals surface area contributed by atoms with Gasteiger partial charge in [0.15, 0.2) is 0 Å². The van der Waals surface area contributed by atoms with Gasteiger partial charge < -0.3 is 15.7 Å². The Kier molecular flexibility index (Phi) is 4.62. The molecule has 3 N–H and O–H groups in total. The number of aromatic nitrogens is 1. The van der Waals surface area contributed by atoms with Crippen LogP contribution in [0.15, 0.2) is 54.7 Å². The highest BCUT2D eigenvalue weighted by Gasteiger charge is 2.38. The molecule has 27 heavy (non-hydrogen) atoms. The Balaban J connectivity index is 1.59. The molecule has 0 radical (unpaired) electrons. The average molecular weight is 363 g/mol. The molecule has 2 heterocycles. The summed E-state index contributed by atoms with van der Waals surface area (Å²) in [7, 11) is 0. The number of nitrogens with one attached hydrogen (secondary N) is 2. The lowest BCUT2D eigenvalue weighted by atomic mass is 9.77. The van der Waals surface area contributed by atoms with Crippen molar-refractivity contribution in [1.82, 2.24) is 10.3 Å². The summed E-state index contributed by atoms with van der Waals surface area (Å²) >= 11 is 0. The van der Waals surface area contributed by atoms with Crippen LogP contribution < -0.4 is 10.6 Å². The van der Waals surface area contributed by atoms with Gasteiger partial charge in [0.05, 0.1) is 18.2 Å². The van der Waals surface area contributed by atoms with Gasteiger partial charge in [-0.2, -0.15) is 0 Å². The van der Waals surface area contributed by atoms with E-state index in [1.807, 2.05) is 36.5 Å². The Hall–Kier alpha value is -3.15. The SMILES string of the molecule is O=C(O)CCNC(=O)c1ccc2c(c1)[C@H]1C=CC[C@@H]1[C@H](c1ccccn1)N2. The summed E-state index contributed by atoms with van der Waals surface area (Å²) in [6.07, 6.45) is 7.10.